The van der Waals surface area contributed by atoms with Crippen LogP contribution in [0.4, 0.5) is 5.13 Å². The lowest BCUT2D eigenvalue weighted by Crippen LogP contribution is -1.98. The van der Waals surface area contributed by atoms with Gasteiger partial charge in [-0.15, -0.1) is 11.3 Å². The highest BCUT2D eigenvalue weighted by atomic mass is 32.1. The maximum atomic E-state index is 5.55. The molecule has 0 saturated heterocycles. The van der Waals surface area contributed by atoms with E-state index in [1.54, 1.807) is 0 Å². The summed E-state index contributed by atoms with van der Waals surface area (Å²) >= 11 is 1.48. The molecular weight excluding hydrogens is 231 g/mol. The summed E-state index contributed by atoms with van der Waals surface area (Å²) < 4.78 is 11.0. The van der Waals surface area contributed by atoms with E-state index in [0.29, 0.717) is 18.3 Å². The number of hydrogen-bond acceptors (Lipinski definition) is 5. The average Bonchev–Trinajstić information content (AvgIpc) is 2.61. The molecule has 0 fully saturated rings. The predicted molar refractivity (Wildman–Crippen MR) is 65.3 cm³/mol. The van der Waals surface area contributed by atoms with E-state index in [0.717, 1.165) is 18.3 Å². The molecule has 0 radical (unpaired) electrons. The van der Waals surface area contributed by atoms with Gasteiger partial charge in [-0.25, -0.2) is 4.98 Å². The highest BCUT2D eigenvalue weighted by Crippen LogP contribution is 2.38. The van der Waals surface area contributed by atoms with Crippen LogP contribution in [0.15, 0.2) is 5.38 Å². The lowest BCUT2D eigenvalue weighted by atomic mass is 10.4. The molecule has 0 aromatic carbocycles. The zero-order valence-corrected chi connectivity index (χ0v) is 10.8. The molecule has 15 heavy (non-hydrogen) atoms. The van der Waals surface area contributed by atoms with Crippen molar-refractivity contribution >= 4 is 24.8 Å². The Hall–Kier alpha value is -0.220. The molecule has 6 heteroatoms. The number of hydrogen-bond donors (Lipinski definition) is 1. The zero-order valence-electron chi connectivity index (χ0n) is 9.10. The maximum absolute atomic E-state index is 5.55. The number of aryl methyl sites for hydroxylation is 1. The minimum absolute atomic E-state index is 0.627. The summed E-state index contributed by atoms with van der Waals surface area (Å²) in [4.78, 5) is 4.20. The summed E-state index contributed by atoms with van der Waals surface area (Å²) in [6.07, 6.45) is 1.76. The van der Waals surface area contributed by atoms with Crippen molar-refractivity contribution in [2.24, 2.45) is 0 Å². The molecular formula is C9H17N2O2PS. The minimum Gasteiger partial charge on any atom is -0.375 e. The Labute approximate surface area is 95.7 Å². The third kappa shape index (κ3) is 4.89. The van der Waals surface area contributed by atoms with Crippen LogP contribution in [0.25, 0.3) is 0 Å². The van der Waals surface area contributed by atoms with Crippen LogP contribution < -0.4 is 5.73 Å². The van der Waals surface area contributed by atoms with Gasteiger partial charge in [0.1, 0.15) is 0 Å². The first kappa shape index (κ1) is 12.8. The van der Waals surface area contributed by atoms with Gasteiger partial charge in [-0.1, -0.05) is 0 Å². The summed E-state index contributed by atoms with van der Waals surface area (Å²) in [5.41, 5.74) is 6.58. The topological polar surface area (TPSA) is 57.4 Å². The third-order valence-electron chi connectivity index (χ3n) is 1.67. The number of thiazole rings is 1. The van der Waals surface area contributed by atoms with Gasteiger partial charge in [0.05, 0.1) is 18.9 Å². The quantitative estimate of drug-likeness (QED) is 0.754. The molecule has 4 nitrogen and oxygen atoms in total. The lowest BCUT2D eigenvalue weighted by Gasteiger charge is -2.14. The van der Waals surface area contributed by atoms with Crippen LogP contribution in [0, 0.1) is 0 Å². The van der Waals surface area contributed by atoms with E-state index in [9.17, 15) is 0 Å². The van der Waals surface area contributed by atoms with Crippen LogP contribution in [-0.4, -0.2) is 24.4 Å². The Morgan fingerprint density at radius 2 is 2.07 bits per heavy atom. The summed E-state index contributed by atoms with van der Waals surface area (Å²) in [7, 11) is -0.751. The van der Waals surface area contributed by atoms with Crippen LogP contribution in [0.5, 0.6) is 0 Å². The lowest BCUT2D eigenvalue weighted by molar-refractivity contribution is 0.269. The normalized spacial score (nSPS) is 11.1. The van der Waals surface area contributed by atoms with Crippen molar-refractivity contribution in [2.75, 3.05) is 25.1 Å². The number of aromatic nitrogens is 1. The fourth-order valence-corrected chi connectivity index (χ4v) is 3.02. The van der Waals surface area contributed by atoms with Crippen molar-refractivity contribution in [3.63, 3.8) is 0 Å². The first-order chi connectivity index (χ1) is 7.26. The smallest absolute Gasteiger partial charge is 0.180 e. The monoisotopic (exact) mass is 248 g/mol. The molecule has 0 amide bonds. The molecule has 0 saturated carbocycles. The second-order valence-corrected chi connectivity index (χ2v) is 5.34. The Kier molecular flexibility index (Phi) is 6.10. The molecule has 1 heterocycles. The van der Waals surface area contributed by atoms with E-state index in [-0.39, 0.29) is 0 Å². The fourth-order valence-electron chi connectivity index (χ4n) is 1.10. The molecule has 0 aliphatic rings. The zero-order chi connectivity index (χ0) is 11.1. The molecule has 86 valence electrons. The van der Waals surface area contributed by atoms with Crippen molar-refractivity contribution in [1.29, 1.82) is 0 Å². The summed E-state index contributed by atoms with van der Waals surface area (Å²) in [6, 6.07) is 0. The van der Waals surface area contributed by atoms with E-state index in [1.165, 1.54) is 11.3 Å². The molecule has 0 unspecified atom stereocenters. The third-order valence-corrected chi connectivity index (χ3v) is 4.07. The van der Waals surface area contributed by atoms with Crippen molar-refractivity contribution in [3.8, 4) is 0 Å². The van der Waals surface area contributed by atoms with Gasteiger partial charge in [-0.3, -0.25) is 0 Å². The van der Waals surface area contributed by atoms with E-state index < -0.39 is 8.38 Å². The van der Waals surface area contributed by atoms with Gasteiger partial charge in [-0.05, 0) is 20.3 Å². The Morgan fingerprint density at radius 3 is 2.53 bits per heavy atom. The van der Waals surface area contributed by atoms with Crippen LogP contribution in [-0.2, 0) is 15.5 Å². The van der Waals surface area contributed by atoms with Crippen molar-refractivity contribution in [1.82, 2.24) is 4.98 Å². The Morgan fingerprint density at radius 1 is 1.40 bits per heavy atom. The predicted octanol–water partition coefficient (Wildman–Crippen LogP) is 2.65. The maximum Gasteiger partial charge on any atom is 0.180 e. The Balaban J connectivity index is 2.32. The van der Waals surface area contributed by atoms with Gasteiger partial charge >= 0.3 is 0 Å². The molecule has 0 bridgehead atoms. The second kappa shape index (κ2) is 7.12. The molecule has 0 atom stereocenters. The number of rotatable bonds is 7. The molecule has 2 N–H and O–H groups in total. The van der Waals surface area contributed by atoms with Gasteiger partial charge < -0.3 is 14.8 Å². The number of nitrogen functional groups attached to an aromatic ring is 1. The number of nitrogens with two attached hydrogens (primary N) is 1. The van der Waals surface area contributed by atoms with Gasteiger partial charge in [0, 0.05) is 11.5 Å². The van der Waals surface area contributed by atoms with Crippen molar-refractivity contribution < 1.29 is 9.05 Å². The number of nitrogens with zero attached hydrogens (tertiary/aromatic N) is 1. The molecule has 0 aliphatic heterocycles. The first-order valence-electron chi connectivity index (χ1n) is 4.99. The fraction of sp³-hybridized carbons (Fsp3) is 0.667. The second-order valence-electron chi connectivity index (χ2n) is 2.82. The van der Waals surface area contributed by atoms with Crippen LogP contribution in [0.3, 0.4) is 0 Å². The van der Waals surface area contributed by atoms with Crippen LogP contribution in [0.2, 0.25) is 0 Å². The summed E-state index contributed by atoms with van der Waals surface area (Å²) in [5.74, 6) is 0. The van der Waals surface area contributed by atoms with E-state index in [2.05, 4.69) is 4.98 Å². The van der Waals surface area contributed by atoms with Crippen molar-refractivity contribution in [2.45, 2.75) is 20.3 Å². The molecule has 0 aliphatic carbocycles. The van der Waals surface area contributed by atoms with Gasteiger partial charge in [-0.2, -0.15) is 0 Å². The van der Waals surface area contributed by atoms with Gasteiger partial charge in [0.2, 0.25) is 0 Å². The highest BCUT2D eigenvalue weighted by Gasteiger charge is 2.10. The molecule has 1 aromatic rings. The van der Waals surface area contributed by atoms with E-state index in [4.69, 9.17) is 14.8 Å². The largest absolute Gasteiger partial charge is 0.375 e. The summed E-state index contributed by atoms with van der Waals surface area (Å²) in [6.45, 7) is 5.36. The van der Waals surface area contributed by atoms with E-state index in [1.807, 2.05) is 19.2 Å². The van der Waals surface area contributed by atoms with Crippen molar-refractivity contribution in [3.05, 3.63) is 11.1 Å². The van der Waals surface area contributed by atoms with Crippen LogP contribution in [0.1, 0.15) is 19.5 Å². The summed E-state index contributed by atoms with van der Waals surface area (Å²) in [5, 5.41) is 2.61. The highest BCUT2D eigenvalue weighted by molar-refractivity contribution is 7.47. The minimum atomic E-state index is -0.751. The number of anilines is 1. The molecule has 0 spiro atoms. The molecule has 1 rings (SSSR count). The van der Waals surface area contributed by atoms with E-state index >= 15 is 0 Å². The Bertz CT molecular complexity index is 277. The standard InChI is InChI=1S/C9H17N2O2PS/c1-3-12-14(13-4-2)6-5-8-7-15-9(10)11-8/h7H,3-6H2,1-2H3,(H2,10,11). The average molecular weight is 248 g/mol. The first-order valence-corrected chi connectivity index (χ1v) is 7.23. The molecule has 1 aromatic heterocycles. The van der Waals surface area contributed by atoms with Gasteiger partial charge in [0.25, 0.3) is 0 Å². The van der Waals surface area contributed by atoms with Gasteiger partial charge in [0.15, 0.2) is 13.5 Å². The SMILES string of the molecule is CCOP(CCc1csc(N)n1)OCC. The van der Waals surface area contributed by atoms with Crippen LogP contribution >= 0.6 is 19.7 Å².